The molecule has 0 saturated heterocycles. The van der Waals surface area contributed by atoms with Crippen LogP contribution in [0.3, 0.4) is 0 Å². The van der Waals surface area contributed by atoms with Crippen LogP contribution in [0.1, 0.15) is 16.8 Å². The molecule has 0 aliphatic heterocycles. The first-order chi connectivity index (χ1) is 14.8. The fourth-order valence-corrected chi connectivity index (χ4v) is 3.04. The highest BCUT2D eigenvalue weighted by atomic mass is 16.3. The van der Waals surface area contributed by atoms with Gasteiger partial charge in [-0.3, -0.25) is 9.67 Å². The molecule has 0 spiro atoms. The van der Waals surface area contributed by atoms with Gasteiger partial charge in [-0.25, -0.2) is 4.98 Å². The van der Waals surface area contributed by atoms with Crippen molar-refractivity contribution in [3.63, 3.8) is 0 Å². The molecule has 4 rings (SSSR count). The van der Waals surface area contributed by atoms with E-state index in [0.717, 1.165) is 23.4 Å². The number of benzene rings is 2. The van der Waals surface area contributed by atoms with Crippen molar-refractivity contribution in [1.82, 2.24) is 25.4 Å². The van der Waals surface area contributed by atoms with Crippen LogP contribution in [-0.2, 0) is 19.6 Å². The maximum absolute atomic E-state index is 5.58. The summed E-state index contributed by atoms with van der Waals surface area (Å²) in [6.45, 7) is 1.90. The Kier molecular flexibility index (Phi) is 6.19. The van der Waals surface area contributed by atoms with E-state index in [1.165, 1.54) is 5.56 Å². The molecule has 2 aromatic heterocycles. The molecule has 7 nitrogen and oxygen atoms in total. The Morgan fingerprint density at radius 3 is 2.47 bits per heavy atom. The average Bonchev–Trinajstić information content (AvgIpc) is 3.45. The number of oxazole rings is 1. The topological polar surface area (TPSA) is 80.3 Å². The molecule has 30 heavy (non-hydrogen) atoms. The van der Waals surface area contributed by atoms with Crippen molar-refractivity contribution in [1.29, 1.82) is 0 Å². The van der Waals surface area contributed by atoms with Gasteiger partial charge in [-0.05, 0) is 17.7 Å². The van der Waals surface area contributed by atoms with E-state index < -0.39 is 0 Å². The molecule has 2 aromatic carbocycles. The van der Waals surface area contributed by atoms with Crippen LogP contribution in [0.5, 0.6) is 0 Å². The van der Waals surface area contributed by atoms with Crippen molar-refractivity contribution in [2.45, 2.75) is 19.6 Å². The Morgan fingerprint density at radius 1 is 0.967 bits per heavy atom. The third-order valence-electron chi connectivity index (χ3n) is 4.57. The van der Waals surface area contributed by atoms with Gasteiger partial charge in [0.05, 0.1) is 25.0 Å². The lowest BCUT2D eigenvalue weighted by molar-refractivity contribution is 0.572. The first kappa shape index (κ1) is 19.4. The fourth-order valence-electron chi connectivity index (χ4n) is 3.04. The van der Waals surface area contributed by atoms with Crippen molar-refractivity contribution in [3.05, 3.63) is 96.1 Å². The summed E-state index contributed by atoms with van der Waals surface area (Å²) >= 11 is 0. The summed E-state index contributed by atoms with van der Waals surface area (Å²) in [7, 11) is 1.74. The minimum atomic E-state index is 0.517. The van der Waals surface area contributed by atoms with Gasteiger partial charge in [-0.1, -0.05) is 48.5 Å². The molecule has 2 N–H and O–H groups in total. The van der Waals surface area contributed by atoms with E-state index in [9.17, 15) is 0 Å². The minimum absolute atomic E-state index is 0.517. The molecule has 0 unspecified atom stereocenters. The maximum Gasteiger partial charge on any atom is 0.226 e. The van der Waals surface area contributed by atoms with Crippen LogP contribution in [0.4, 0.5) is 0 Å². The van der Waals surface area contributed by atoms with Crippen LogP contribution in [0.2, 0.25) is 0 Å². The van der Waals surface area contributed by atoms with E-state index in [0.29, 0.717) is 24.9 Å². The number of hydrogen-bond donors (Lipinski definition) is 2. The normalized spacial score (nSPS) is 11.4. The molecule has 0 amide bonds. The van der Waals surface area contributed by atoms with Crippen molar-refractivity contribution < 1.29 is 4.42 Å². The number of hydrogen-bond acceptors (Lipinski definition) is 4. The summed E-state index contributed by atoms with van der Waals surface area (Å²) in [4.78, 5) is 8.79. The highest BCUT2D eigenvalue weighted by molar-refractivity contribution is 5.79. The predicted octanol–water partition coefficient (Wildman–Crippen LogP) is 3.45. The molecule has 0 saturated carbocycles. The predicted molar refractivity (Wildman–Crippen MR) is 117 cm³/mol. The third kappa shape index (κ3) is 5.14. The van der Waals surface area contributed by atoms with Gasteiger partial charge in [-0.15, -0.1) is 0 Å². The Labute approximate surface area is 175 Å². The summed E-state index contributed by atoms with van der Waals surface area (Å²) in [5, 5.41) is 11.0. The van der Waals surface area contributed by atoms with Gasteiger partial charge in [0.25, 0.3) is 0 Å². The summed E-state index contributed by atoms with van der Waals surface area (Å²) in [5.41, 5.74) is 4.08. The van der Waals surface area contributed by atoms with Gasteiger partial charge in [0, 0.05) is 30.9 Å². The zero-order valence-electron chi connectivity index (χ0n) is 16.8. The molecule has 0 radical (unpaired) electrons. The van der Waals surface area contributed by atoms with Gasteiger partial charge in [0.2, 0.25) is 5.89 Å². The highest BCUT2D eigenvalue weighted by Gasteiger charge is 2.07. The molecule has 7 heteroatoms. The molecular weight excluding hydrogens is 376 g/mol. The van der Waals surface area contributed by atoms with Gasteiger partial charge < -0.3 is 15.1 Å². The Balaban J connectivity index is 1.27. The SMILES string of the molecule is CN=C(NCc1cnn(Cc2ccccc2)c1)NCc1coc(-c2ccccc2)n1. The van der Waals surface area contributed by atoms with Crippen molar-refractivity contribution in [3.8, 4) is 11.5 Å². The van der Waals surface area contributed by atoms with E-state index in [1.807, 2.05) is 65.6 Å². The quantitative estimate of drug-likeness (QED) is 0.367. The number of aromatic nitrogens is 3. The van der Waals surface area contributed by atoms with Crippen LogP contribution in [-0.4, -0.2) is 27.8 Å². The standard InChI is InChI=1S/C23H24N6O/c1-24-23(26-14-21-17-30-22(28-21)20-10-6-3-7-11-20)25-12-19-13-27-29(16-19)15-18-8-4-2-5-9-18/h2-11,13,16-17H,12,14-15H2,1H3,(H2,24,25,26). The first-order valence-electron chi connectivity index (χ1n) is 9.80. The maximum atomic E-state index is 5.58. The Morgan fingerprint density at radius 2 is 1.70 bits per heavy atom. The number of aliphatic imine (C=N–C) groups is 1. The number of nitrogens with one attached hydrogen (secondary N) is 2. The lowest BCUT2D eigenvalue weighted by Crippen LogP contribution is -2.36. The van der Waals surface area contributed by atoms with Crippen LogP contribution < -0.4 is 10.6 Å². The molecule has 0 bridgehead atoms. The third-order valence-corrected chi connectivity index (χ3v) is 4.57. The largest absolute Gasteiger partial charge is 0.444 e. The minimum Gasteiger partial charge on any atom is -0.444 e. The zero-order chi connectivity index (χ0) is 20.6. The second kappa shape index (κ2) is 9.56. The second-order valence-electron chi connectivity index (χ2n) is 6.82. The van der Waals surface area contributed by atoms with Gasteiger partial charge in [0.15, 0.2) is 5.96 Å². The molecule has 152 valence electrons. The Bertz CT molecular complexity index is 1090. The summed E-state index contributed by atoms with van der Waals surface area (Å²) in [5.74, 6) is 1.30. The van der Waals surface area contributed by atoms with Gasteiger partial charge in [-0.2, -0.15) is 5.10 Å². The zero-order valence-corrected chi connectivity index (χ0v) is 16.8. The lowest BCUT2D eigenvalue weighted by Gasteiger charge is -2.09. The Hall–Kier alpha value is -3.87. The van der Waals surface area contributed by atoms with E-state index in [2.05, 4.69) is 37.8 Å². The monoisotopic (exact) mass is 400 g/mol. The van der Waals surface area contributed by atoms with Crippen LogP contribution >= 0.6 is 0 Å². The van der Waals surface area contributed by atoms with E-state index >= 15 is 0 Å². The second-order valence-corrected chi connectivity index (χ2v) is 6.82. The number of rotatable bonds is 7. The number of nitrogens with zero attached hydrogens (tertiary/aromatic N) is 4. The van der Waals surface area contributed by atoms with Crippen LogP contribution in [0.15, 0.2) is 88.7 Å². The number of guanidine groups is 1. The molecule has 4 aromatic rings. The molecular formula is C23H24N6O. The molecule has 2 heterocycles. The fraction of sp³-hybridized carbons (Fsp3) is 0.174. The molecule has 0 atom stereocenters. The lowest BCUT2D eigenvalue weighted by atomic mass is 10.2. The van der Waals surface area contributed by atoms with Crippen LogP contribution in [0, 0.1) is 0 Å². The molecule has 0 aliphatic rings. The van der Waals surface area contributed by atoms with Crippen molar-refractivity contribution >= 4 is 5.96 Å². The van der Waals surface area contributed by atoms with Gasteiger partial charge >= 0.3 is 0 Å². The van der Waals surface area contributed by atoms with Crippen LogP contribution in [0.25, 0.3) is 11.5 Å². The summed E-state index contributed by atoms with van der Waals surface area (Å²) < 4.78 is 7.51. The van der Waals surface area contributed by atoms with Gasteiger partial charge in [0.1, 0.15) is 6.26 Å². The smallest absolute Gasteiger partial charge is 0.226 e. The van der Waals surface area contributed by atoms with Crippen molar-refractivity contribution in [2.75, 3.05) is 7.05 Å². The van der Waals surface area contributed by atoms with E-state index in [4.69, 9.17) is 4.42 Å². The highest BCUT2D eigenvalue weighted by Crippen LogP contribution is 2.17. The summed E-state index contributed by atoms with van der Waals surface area (Å²) in [6.07, 6.45) is 5.57. The first-order valence-corrected chi connectivity index (χ1v) is 9.80. The van der Waals surface area contributed by atoms with Crippen molar-refractivity contribution in [2.24, 2.45) is 4.99 Å². The van der Waals surface area contributed by atoms with E-state index in [-0.39, 0.29) is 0 Å². The summed E-state index contributed by atoms with van der Waals surface area (Å²) in [6, 6.07) is 20.1. The molecule has 0 aliphatic carbocycles. The van der Waals surface area contributed by atoms with E-state index in [1.54, 1.807) is 13.3 Å². The molecule has 0 fully saturated rings. The average molecular weight is 400 g/mol.